The lowest BCUT2D eigenvalue weighted by Gasteiger charge is -2.32. The monoisotopic (exact) mass is 303 g/mol. The number of aliphatic hydroxyl groups is 1. The predicted molar refractivity (Wildman–Crippen MR) is 85.0 cm³/mol. The van der Waals surface area contributed by atoms with Gasteiger partial charge in [0.05, 0.1) is 19.3 Å². The molecule has 4 nitrogen and oxygen atoms in total. The molecule has 3 rings (SSSR count). The normalized spacial score (nSPS) is 32.3. The van der Waals surface area contributed by atoms with Gasteiger partial charge in [0.2, 0.25) is 0 Å². The van der Waals surface area contributed by atoms with Gasteiger partial charge in [-0.1, -0.05) is 31.5 Å². The maximum atomic E-state index is 13.0. The maximum Gasteiger partial charge on any atom is 0.157 e. The van der Waals surface area contributed by atoms with Crippen LogP contribution in [-0.2, 0) is 4.79 Å². The van der Waals surface area contributed by atoms with Crippen molar-refractivity contribution in [3.05, 3.63) is 29.8 Å². The Morgan fingerprint density at radius 2 is 2.09 bits per heavy atom. The molecule has 1 heterocycles. The number of aliphatic hydroxyl groups excluding tert-OH is 1. The minimum absolute atomic E-state index is 0.139. The molecule has 2 aliphatic rings. The second-order valence-corrected chi connectivity index (χ2v) is 6.58. The summed E-state index contributed by atoms with van der Waals surface area (Å²) >= 11 is 0. The molecule has 2 fully saturated rings. The number of ether oxygens (including phenoxy) is 1. The number of nitrogens with one attached hydrogen (secondary N) is 1. The van der Waals surface area contributed by atoms with Crippen molar-refractivity contribution in [2.45, 2.75) is 44.2 Å². The number of methoxy groups -OCH3 is 1. The average molecular weight is 303 g/mol. The van der Waals surface area contributed by atoms with Crippen LogP contribution in [0, 0.1) is 11.8 Å². The Labute approximate surface area is 131 Å². The number of hydrogen-bond donors (Lipinski definition) is 2. The van der Waals surface area contributed by atoms with Crippen LogP contribution >= 0.6 is 0 Å². The lowest BCUT2D eigenvalue weighted by atomic mass is 9.74. The molecule has 0 radical (unpaired) electrons. The molecular formula is C18H25NO3. The highest BCUT2D eigenvalue weighted by molar-refractivity contribution is 5.91. The highest BCUT2D eigenvalue weighted by atomic mass is 16.5. The average Bonchev–Trinajstić information content (AvgIpc) is 2.99. The van der Waals surface area contributed by atoms with E-state index in [2.05, 4.69) is 5.32 Å². The van der Waals surface area contributed by atoms with E-state index in [0.29, 0.717) is 0 Å². The summed E-state index contributed by atoms with van der Waals surface area (Å²) in [7, 11) is 1.64. The second-order valence-electron chi connectivity index (χ2n) is 6.58. The summed E-state index contributed by atoms with van der Waals surface area (Å²) in [6.07, 6.45) is 2.65. The van der Waals surface area contributed by atoms with Crippen molar-refractivity contribution >= 4 is 5.78 Å². The summed E-state index contributed by atoms with van der Waals surface area (Å²) in [5, 5.41) is 13.5. The van der Waals surface area contributed by atoms with Gasteiger partial charge in [-0.05, 0) is 24.8 Å². The number of benzene rings is 1. The van der Waals surface area contributed by atoms with Crippen LogP contribution < -0.4 is 10.1 Å². The van der Waals surface area contributed by atoms with Crippen LogP contribution in [0.3, 0.4) is 0 Å². The third-order valence-corrected chi connectivity index (χ3v) is 5.42. The van der Waals surface area contributed by atoms with Crippen LogP contribution in [0.15, 0.2) is 24.3 Å². The largest absolute Gasteiger partial charge is 0.496 e. The van der Waals surface area contributed by atoms with Gasteiger partial charge in [0.25, 0.3) is 0 Å². The van der Waals surface area contributed by atoms with E-state index >= 15 is 0 Å². The van der Waals surface area contributed by atoms with Crippen LogP contribution in [-0.4, -0.2) is 36.7 Å². The molecule has 22 heavy (non-hydrogen) atoms. The molecule has 0 spiro atoms. The van der Waals surface area contributed by atoms with Crippen molar-refractivity contribution in [2.24, 2.45) is 11.8 Å². The van der Waals surface area contributed by atoms with Crippen LogP contribution in [0.5, 0.6) is 5.75 Å². The molecule has 1 saturated carbocycles. The first-order valence-corrected chi connectivity index (χ1v) is 8.21. The van der Waals surface area contributed by atoms with Crippen LogP contribution in [0.25, 0.3) is 0 Å². The molecule has 1 aromatic rings. The summed E-state index contributed by atoms with van der Waals surface area (Å²) in [4.78, 5) is 13.0. The first-order chi connectivity index (χ1) is 10.6. The van der Waals surface area contributed by atoms with Gasteiger partial charge in [0.15, 0.2) is 5.78 Å². The van der Waals surface area contributed by atoms with Gasteiger partial charge in [0.1, 0.15) is 5.75 Å². The summed E-state index contributed by atoms with van der Waals surface area (Å²) < 4.78 is 5.39. The molecular weight excluding hydrogens is 278 g/mol. The lowest BCUT2D eigenvalue weighted by Crippen LogP contribution is -2.40. The summed E-state index contributed by atoms with van der Waals surface area (Å²) in [5.41, 5.74) is 0.941. The smallest absolute Gasteiger partial charge is 0.157 e. The predicted octanol–water partition coefficient (Wildman–Crippen LogP) is 2.12. The Morgan fingerprint density at radius 1 is 1.32 bits per heavy atom. The fraction of sp³-hybridized carbons (Fsp3) is 0.611. The van der Waals surface area contributed by atoms with E-state index in [1.54, 1.807) is 7.11 Å². The van der Waals surface area contributed by atoms with Gasteiger partial charge in [0, 0.05) is 23.9 Å². The number of hydrogen-bond acceptors (Lipinski definition) is 4. The van der Waals surface area contributed by atoms with Crippen molar-refractivity contribution in [1.82, 2.24) is 5.32 Å². The zero-order valence-corrected chi connectivity index (χ0v) is 13.3. The summed E-state index contributed by atoms with van der Waals surface area (Å²) in [6, 6.07) is 7.58. The molecule has 1 aromatic carbocycles. The van der Waals surface area contributed by atoms with Crippen LogP contribution in [0.2, 0.25) is 0 Å². The molecule has 2 N–H and O–H groups in total. The molecule has 1 aliphatic heterocycles. The first-order valence-electron chi connectivity index (χ1n) is 8.21. The van der Waals surface area contributed by atoms with Gasteiger partial charge in [-0.15, -0.1) is 0 Å². The second kappa shape index (κ2) is 6.39. The third kappa shape index (κ3) is 2.66. The lowest BCUT2D eigenvalue weighted by molar-refractivity contribution is -0.123. The topological polar surface area (TPSA) is 58.6 Å². The van der Waals surface area contributed by atoms with Crippen LogP contribution in [0.4, 0.5) is 0 Å². The molecule has 4 heteroatoms. The van der Waals surface area contributed by atoms with Gasteiger partial charge in [-0.25, -0.2) is 0 Å². The molecule has 1 aliphatic carbocycles. The van der Waals surface area contributed by atoms with Crippen molar-refractivity contribution < 1.29 is 14.6 Å². The summed E-state index contributed by atoms with van der Waals surface area (Å²) in [5.74, 6) is 1.28. The minimum Gasteiger partial charge on any atom is -0.496 e. The van der Waals surface area contributed by atoms with Gasteiger partial charge in [-0.2, -0.15) is 0 Å². The highest BCUT2D eigenvalue weighted by Crippen LogP contribution is 2.39. The molecule has 4 unspecified atom stereocenters. The van der Waals surface area contributed by atoms with Crippen molar-refractivity contribution in [3.63, 3.8) is 0 Å². The Morgan fingerprint density at radius 3 is 2.86 bits per heavy atom. The Bertz CT molecular complexity index is 545. The fourth-order valence-electron chi connectivity index (χ4n) is 4.15. The van der Waals surface area contributed by atoms with E-state index in [1.165, 1.54) is 0 Å². The van der Waals surface area contributed by atoms with E-state index in [-0.39, 0.29) is 35.7 Å². The zero-order chi connectivity index (χ0) is 15.7. The molecule has 1 saturated heterocycles. The maximum absolute atomic E-state index is 13.0. The first kappa shape index (κ1) is 15.5. The molecule has 5 atom stereocenters. The Kier molecular flexibility index (Phi) is 4.50. The minimum atomic E-state index is -0.259. The van der Waals surface area contributed by atoms with Gasteiger partial charge in [-0.3, -0.25) is 4.79 Å². The van der Waals surface area contributed by atoms with Crippen molar-refractivity contribution in [1.29, 1.82) is 0 Å². The number of fused-ring (bicyclic) bond motifs is 1. The number of para-hydroxylation sites is 1. The van der Waals surface area contributed by atoms with E-state index in [4.69, 9.17) is 4.74 Å². The Balaban J connectivity index is 1.79. The van der Waals surface area contributed by atoms with Gasteiger partial charge < -0.3 is 15.2 Å². The zero-order valence-electron chi connectivity index (χ0n) is 13.3. The number of rotatable bonds is 4. The SMILES string of the molecule is COc1ccccc1[C@H](C)C(=O)C1NCC2C(O)CCCC12. The Hall–Kier alpha value is -1.39. The number of carbonyl (C=O) groups excluding carboxylic acids is 1. The quantitative estimate of drug-likeness (QED) is 0.894. The molecule has 120 valence electrons. The van der Waals surface area contributed by atoms with E-state index < -0.39 is 0 Å². The van der Waals surface area contributed by atoms with Crippen molar-refractivity contribution in [2.75, 3.05) is 13.7 Å². The molecule has 0 amide bonds. The van der Waals surface area contributed by atoms with E-state index in [0.717, 1.165) is 37.1 Å². The highest BCUT2D eigenvalue weighted by Gasteiger charge is 2.45. The molecule has 0 aromatic heterocycles. The third-order valence-electron chi connectivity index (χ3n) is 5.42. The summed E-state index contributed by atoms with van der Waals surface area (Å²) in [6.45, 7) is 2.70. The van der Waals surface area contributed by atoms with E-state index in [9.17, 15) is 9.90 Å². The molecule has 0 bridgehead atoms. The fourth-order valence-corrected chi connectivity index (χ4v) is 4.15. The van der Waals surface area contributed by atoms with Gasteiger partial charge >= 0.3 is 0 Å². The number of ketones is 1. The van der Waals surface area contributed by atoms with Crippen molar-refractivity contribution in [3.8, 4) is 5.75 Å². The van der Waals surface area contributed by atoms with Crippen LogP contribution in [0.1, 0.15) is 37.7 Å². The number of carbonyl (C=O) groups is 1. The van der Waals surface area contributed by atoms with E-state index in [1.807, 2.05) is 31.2 Å². The standard InChI is InChI=1S/C18H25NO3/c1-11(12-6-3-4-9-16(12)22-2)18(21)17-13-7-5-8-15(20)14(13)10-19-17/h3-4,6,9,11,13-15,17,19-20H,5,7-8,10H2,1-2H3/t11-,13?,14?,15?,17?/m0/s1. The number of Topliss-reactive ketones (excluding diaryl/α,β-unsaturated/α-hetero) is 1.